The molecule has 12 heteroatoms. The summed E-state index contributed by atoms with van der Waals surface area (Å²) in [5.74, 6) is -0.948. The molecule has 29 heavy (non-hydrogen) atoms. The van der Waals surface area contributed by atoms with Gasteiger partial charge in [-0.3, -0.25) is 10.2 Å². The molecule has 0 saturated heterocycles. The van der Waals surface area contributed by atoms with Crippen molar-refractivity contribution < 1.29 is 31.2 Å². The lowest BCUT2D eigenvalue weighted by atomic mass is 10.1. The van der Waals surface area contributed by atoms with Crippen LogP contribution in [0.25, 0.3) is 0 Å². The fourth-order valence-corrected chi connectivity index (χ4v) is 3.16. The molecule has 156 valence electrons. The number of carbonyl (C=O) groups is 2. The first-order chi connectivity index (χ1) is 13.6. The molecule has 0 aliphatic rings. The van der Waals surface area contributed by atoms with Crippen molar-refractivity contribution in [1.82, 2.24) is 20.9 Å². The molecule has 0 aliphatic carbocycles. The maximum absolute atomic E-state index is 12.7. The van der Waals surface area contributed by atoms with Crippen LogP contribution in [0.5, 0.6) is 0 Å². The van der Waals surface area contributed by atoms with Gasteiger partial charge in [-0.1, -0.05) is 24.3 Å². The van der Waals surface area contributed by atoms with E-state index < -0.39 is 33.7 Å². The second-order valence-corrected chi connectivity index (χ2v) is 7.39. The van der Waals surface area contributed by atoms with Gasteiger partial charge in [-0.25, -0.2) is 23.4 Å². The molecule has 0 bridgehead atoms. The number of nitrogens with one attached hydrogen (secondary N) is 4. The minimum Gasteiger partial charge on any atom is -0.335 e. The van der Waals surface area contributed by atoms with Crippen LogP contribution in [0.1, 0.15) is 15.9 Å². The van der Waals surface area contributed by atoms with Crippen LogP contribution in [-0.2, 0) is 16.2 Å². The molecule has 2 aromatic carbocycles. The molecule has 8 nitrogen and oxygen atoms in total. The average molecular weight is 430 g/mol. The molecule has 3 amide bonds. The average Bonchev–Trinajstić information content (AvgIpc) is 2.69. The lowest BCUT2D eigenvalue weighted by Gasteiger charge is -2.11. The van der Waals surface area contributed by atoms with Crippen LogP contribution >= 0.6 is 0 Å². The van der Waals surface area contributed by atoms with Crippen molar-refractivity contribution in [3.63, 3.8) is 0 Å². The quantitative estimate of drug-likeness (QED) is 0.412. The van der Waals surface area contributed by atoms with Gasteiger partial charge in [-0.2, -0.15) is 13.2 Å². The van der Waals surface area contributed by atoms with Crippen LogP contribution in [0.2, 0.25) is 0 Å². The van der Waals surface area contributed by atoms with E-state index in [0.29, 0.717) is 6.07 Å². The monoisotopic (exact) mass is 430 g/mol. The van der Waals surface area contributed by atoms with Crippen LogP contribution < -0.4 is 20.9 Å². The Morgan fingerprint density at radius 2 is 1.59 bits per heavy atom. The number of carbonyl (C=O) groups excluding carboxylic acids is 2. The van der Waals surface area contributed by atoms with Crippen molar-refractivity contribution in [2.45, 2.75) is 11.1 Å². The number of amides is 3. The van der Waals surface area contributed by atoms with E-state index in [-0.39, 0.29) is 23.5 Å². The van der Waals surface area contributed by atoms with Gasteiger partial charge in [0.15, 0.2) is 0 Å². The van der Waals surface area contributed by atoms with Crippen molar-refractivity contribution in [3.05, 3.63) is 65.7 Å². The lowest BCUT2D eigenvalue weighted by molar-refractivity contribution is -0.137. The number of urea groups is 1. The van der Waals surface area contributed by atoms with E-state index in [1.165, 1.54) is 12.1 Å². The SMILES string of the molecule is O=C(NCCNS(=O)(=O)c1ccccc1)NNC(=O)c1cccc(C(F)(F)F)c1. The van der Waals surface area contributed by atoms with Gasteiger partial charge in [0.2, 0.25) is 10.0 Å². The first-order valence-corrected chi connectivity index (χ1v) is 9.64. The largest absolute Gasteiger partial charge is 0.416 e. The van der Waals surface area contributed by atoms with Gasteiger partial charge in [-0.15, -0.1) is 0 Å². The maximum atomic E-state index is 12.7. The summed E-state index contributed by atoms with van der Waals surface area (Å²) in [6.45, 7) is -0.219. The highest BCUT2D eigenvalue weighted by Crippen LogP contribution is 2.29. The summed E-state index contributed by atoms with van der Waals surface area (Å²) in [5.41, 5.74) is 2.62. The molecule has 2 rings (SSSR count). The number of alkyl halides is 3. The molecule has 0 spiro atoms. The second-order valence-electron chi connectivity index (χ2n) is 5.62. The van der Waals surface area contributed by atoms with Gasteiger partial charge in [0.1, 0.15) is 0 Å². The van der Waals surface area contributed by atoms with Crippen molar-refractivity contribution in [3.8, 4) is 0 Å². The zero-order valence-corrected chi connectivity index (χ0v) is 15.6. The smallest absolute Gasteiger partial charge is 0.335 e. The summed E-state index contributed by atoms with van der Waals surface area (Å²) in [6.07, 6.45) is -4.60. The standard InChI is InChI=1S/C17H17F3N4O4S/c18-17(19,20)13-6-4-5-12(11-13)15(25)23-24-16(26)21-9-10-22-29(27,28)14-7-2-1-3-8-14/h1-8,11,22H,9-10H2,(H,23,25)(H2,21,24,26). The molecule has 0 fully saturated rings. The van der Waals surface area contributed by atoms with Gasteiger partial charge in [0.25, 0.3) is 5.91 Å². The van der Waals surface area contributed by atoms with E-state index in [1.807, 2.05) is 10.9 Å². The molecular formula is C17H17F3N4O4S. The molecule has 0 atom stereocenters. The van der Waals surface area contributed by atoms with Crippen molar-refractivity contribution >= 4 is 22.0 Å². The number of sulfonamides is 1. The highest BCUT2D eigenvalue weighted by Gasteiger charge is 2.30. The number of hydrogen-bond acceptors (Lipinski definition) is 4. The summed E-state index contributed by atoms with van der Waals surface area (Å²) in [7, 11) is -3.72. The van der Waals surface area contributed by atoms with Gasteiger partial charge in [0, 0.05) is 18.7 Å². The Hall–Kier alpha value is -3.12. The van der Waals surface area contributed by atoms with E-state index in [1.54, 1.807) is 18.2 Å². The predicted molar refractivity (Wildman–Crippen MR) is 97.1 cm³/mol. The highest BCUT2D eigenvalue weighted by molar-refractivity contribution is 7.89. The van der Waals surface area contributed by atoms with Gasteiger partial charge >= 0.3 is 12.2 Å². The van der Waals surface area contributed by atoms with Crippen LogP contribution in [0.3, 0.4) is 0 Å². The third-order valence-corrected chi connectivity index (χ3v) is 4.97. The Bertz CT molecular complexity index is 966. The fourth-order valence-electron chi connectivity index (χ4n) is 2.11. The van der Waals surface area contributed by atoms with Gasteiger partial charge in [0.05, 0.1) is 10.5 Å². The third-order valence-electron chi connectivity index (χ3n) is 3.50. The fraction of sp³-hybridized carbons (Fsp3) is 0.176. The molecule has 0 unspecified atom stereocenters. The molecule has 0 saturated carbocycles. The first kappa shape index (κ1) is 22.2. The van der Waals surface area contributed by atoms with Crippen LogP contribution in [0, 0.1) is 0 Å². The number of rotatable bonds is 6. The Labute approximate surface area is 164 Å². The van der Waals surface area contributed by atoms with Crippen LogP contribution in [-0.4, -0.2) is 33.4 Å². The van der Waals surface area contributed by atoms with E-state index in [9.17, 15) is 31.2 Å². The number of hydrazine groups is 1. The van der Waals surface area contributed by atoms with Crippen LogP contribution in [0.4, 0.5) is 18.0 Å². The topological polar surface area (TPSA) is 116 Å². The second kappa shape index (κ2) is 9.39. The van der Waals surface area contributed by atoms with Crippen LogP contribution in [0.15, 0.2) is 59.5 Å². The number of halogens is 3. The molecule has 0 radical (unpaired) electrons. The molecule has 2 aromatic rings. The zero-order chi connectivity index (χ0) is 21.5. The third kappa shape index (κ3) is 6.76. The predicted octanol–water partition coefficient (Wildman–Crippen LogP) is 1.63. The highest BCUT2D eigenvalue weighted by atomic mass is 32.2. The Morgan fingerprint density at radius 1 is 0.897 bits per heavy atom. The Morgan fingerprint density at radius 3 is 2.24 bits per heavy atom. The molecule has 0 heterocycles. The van der Waals surface area contributed by atoms with E-state index in [2.05, 4.69) is 10.0 Å². The minimum atomic E-state index is -4.60. The summed E-state index contributed by atoms with van der Waals surface area (Å²) in [5, 5.41) is 2.28. The Kier molecular flexibility index (Phi) is 7.18. The van der Waals surface area contributed by atoms with E-state index in [0.717, 1.165) is 18.2 Å². The molecule has 0 aliphatic heterocycles. The minimum absolute atomic E-state index is 0.0674. The van der Waals surface area contributed by atoms with Gasteiger partial charge < -0.3 is 5.32 Å². The zero-order valence-electron chi connectivity index (χ0n) is 14.8. The van der Waals surface area contributed by atoms with E-state index in [4.69, 9.17) is 0 Å². The normalized spacial score (nSPS) is 11.6. The Balaban J connectivity index is 1.75. The van der Waals surface area contributed by atoms with Crippen molar-refractivity contribution in [1.29, 1.82) is 0 Å². The lowest BCUT2D eigenvalue weighted by Crippen LogP contribution is -2.48. The number of benzene rings is 2. The van der Waals surface area contributed by atoms with E-state index >= 15 is 0 Å². The molecule has 0 aromatic heterocycles. The summed E-state index contributed by atoms with van der Waals surface area (Å²) in [6, 6.07) is 10.4. The maximum Gasteiger partial charge on any atom is 0.416 e. The first-order valence-electron chi connectivity index (χ1n) is 8.16. The molecular weight excluding hydrogens is 413 g/mol. The summed E-state index contributed by atoms with van der Waals surface area (Å²) < 4.78 is 64.2. The number of hydrogen-bond donors (Lipinski definition) is 4. The van der Waals surface area contributed by atoms with Crippen molar-refractivity contribution in [2.24, 2.45) is 0 Å². The van der Waals surface area contributed by atoms with Crippen molar-refractivity contribution in [2.75, 3.05) is 13.1 Å². The van der Waals surface area contributed by atoms with Gasteiger partial charge in [-0.05, 0) is 30.3 Å². The summed E-state index contributed by atoms with van der Waals surface area (Å²) >= 11 is 0. The summed E-state index contributed by atoms with van der Waals surface area (Å²) in [4.78, 5) is 23.5. The molecule has 4 N–H and O–H groups in total.